The molecule has 0 fully saturated rings. The predicted molar refractivity (Wildman–Crippen MR) is 95.0 cm³/mol. The molecular formula is C18H22IN. The molecule has 20 heavy (non-hydrogen) atoms. The Labute approximate surface area is 135 Å². The van der Waals surface area contributed by atoms with Gasteiger partial charge in [0, 0.05) is 3.57 Å². The number of benzene rings is 2. The van der Waals surface area contributed by atoms with Gasteiger partial charge >= 0.3 is 0 Å². The summed E-state index contributed by atoms with van der Waals surface area (Å²) in [7, 11) is 2.02. The van der Waals surface area contributed by atoms with Gasteiger partial charge in [-0.1, -0.05) is 50.2 Å². The lowest BCUT2D eigenvalue weighted by Gasteiger charge is -2.18. The van der Waals surface area contributed by atoms with Crippen LogP contribution < -0.4 is 5.32 Å². The maximum atomic E-state index is 3.41. The molecule has 0 spiro atoms. The maximum Gasteiger partial charge on any atom is 0.0574 e. The standard InChI is InChI=1S/C18H22IN/c1-13(2)12-14-4-6-15(7-5-14)18(20-3)16-8-10-17(19)11-9-16/h4-11,13,18,20H,12H2,1-3H3. The van der Waals surface area contributed by atoms with E-state index in [1.807, 2.05) is 7.05 Å². The van der Waals surface area contributed by atoms with Crippen molar-refractivity contribution in [2.75, 3.05) is 7.05 Å². The molecule has 0 aliphatic heterocycles. The molecule has 2 heteroatoms. The molecule has 2 rings (SSSR count). The summed E-state index contributed by atoms with van der Waals surface area (Å²) >= 11 is 2.34. The van der Waals surface area contributed by atoms with E-state index >= 15 is 0 Å². The molecule has 0 radical (unpaired) electrons. The number of halogens is 1. The maximum absolute atomic E-state index is 3.41. The lowest BCUT2D eigenvalue weighted by molar-refractivity contribution is 0.645. The second-order valence-corrected chi connectivity index (χ2v) is 6.86. The smallest absolute Gasteiger partial charge is 0.0574 e. The van der Waals surface area contributed by atoms with Crippen LogP contribution in [0.25, 0.3) is 0 Å². The summed E-state index contributed by atoms with van der Waals surface area (Å²) in [5, 5.41) is 3.41. The van der Waals surface area contributed by atoms with Gasteiger partial charge in [-0.15, -0.1) is 0 Å². The lowest BCUT2D eigenvalue weighted by Crippen LogP contribution is -2.17. The van der Waals surface area contributed by atoms with Crippen LogP contribution in [0.15, 0.2) is 48.5 Å². The Morgan fingerprint density at radius 3 is 1.85 bits per heavy atom. The average molecular weight is 379 g/mol. The first kappa shape index (κ1) is 15.5. The Kier molecular flexibility index (Phi) is 5.61. The first-order valence-electron chi connectivity index (χ1n) is 7.11. The second-order valence-electron chi connectivity index (χ2n) is 5.61. The highest BCUT2D eigenvalue weighted by atomic mass is 127. The van der Waals surface area contributed by atoms with E-state index in [2.05, 4.69) is 90.3 Å². The highest BCUT2D eigenvalue weighted by Gasteiger charge is 2.11. The van der Waals surface area contributed by atoms with Gasteiger partial charge in [0.1, 0.15) is 0 Å². The molecule has 0 aliphatic carbocycles. The van der Waals surface area contributed by atoms with Crippen molar-refractivity contribution in [2.24, 2.45) is 5.92 Å². The fourth-order valence-corrected chi connectivity index (χ4v) is 2.86. The van der Waals surface area contributed by atoms with Crippen molar-refractivity contribution in [1.82, 2.24) is 5.32 Å². The third kappa shape index (κ3) is 4.06. The molecule has 0 saturated carbocycles. The summed E-state index contributed by atoms with van der Waals surface area (Å²) in [6.45, 7) is 4.52. The van der Waals surface area contributed by atoms with Crippen molar-refractivity contribution in [3.8, 4) is 0 Å². The highest BCUT2D eigenvalue weighted by Crippen LogP contribution is 2.23. The number of hydrogen-bond donors (Lipinski definition) is 1. The molecule has 0 aromatic heterocycles. The molecule has 1 atom stereocenters. The van der Waals surface area contributed by atoms with Crippen molar-refractivity contribution >= 4 is 22.6 Å². The summed E-state index contributed by atoms with van der Waals surface area (Å²) < 4.78 is 1.27. The van der Waals surface area contributed by atoms with Gasteiger partial charge in [0.2, 0.25) is 0 Å². The fourth-order valence-electron chi connectivity index (χ4n) is 2.50. The molecule has 0 saturated heterocycles. The number of rotatable bonds is 5. The number of hydrogen-bond acceptors (Lipinski definition) is 1. The predicted octanol–water partition coefficient (Wildman–Crippen LogP) is 4.80. The van der Waals surface area contributed by atoms with E-state index in [9.17, 15) is 0 Å². The molecule has 2 aromatic rings. The summed E-state index contributed by atoms with van der Waals surface area (Å²) in [6, 6.07) is 18.0. The van der Waals surface area contributed by atoms with Gasteiger partial charge in [-0.05, 0) is 70.8 Å². The summed E-state index contributed by atoms with van der Waals surface area (Å²) in [6.07, 6.45) is 1.15. The van der Waals surface area contributed by atoms with E-state index < -0.39 is 0 Å². The van der Waals surface area contributed by atoms with Crippen LogP contribution in [-0.4, -0.2) is 7.05 Å². The van der Waals surface area contributed by atoms with Gasteiger partial charge in [0.25, 0.3) is 0 Å². The van der Waals surface area contributed by atoms with Crippen LogP contribution in [0.2, 0.25) is 0 Å². The Morgan fingerprint density at radius 2 is 1.40 bits per heavy atom. The Hall–Kier alpha value is -0.870. The molecule has 0 amide bonds. The van der Waals surface area contributed by atoms with Crippen LogP contribution in [0.3, 0.4) is 0 Å². The third-order valence-corrected chi connectivity index (χ3v) is 4.17. The van der Waals surface area contributed by atoms with Crippen LogP contribution in [0, 0.1) is 9.49 Å². The normalized spacial score (nSPS) is 12.7. The van der Waals surface area contributed by atoms with Crippen LogP contribution in [-0.2, 0) is 6.42 Å². The Bertz CT molecular complexity index is 528. The zero-order chi connectivity index (χ0) is 14.5. The van der Waals surface area contributed by atoms with E-state index in [4.69, 9.17) is 0 Å². The first-order valence-corrected chi connectivity index (χ1v) is 8.19. The topological polar surface area (TPSA) is 12.0 Å². The molecular weight excluding hydrogens is 357 g/mol. The molecule has 1 N–H and O–H groups in total. The van der Waals surface area contributed by atoms with Crippen LogP contribution in [0.4, 0.5) is 0 Å². The lowest BCUT2D eigenvalue weighted by atomic mass is 9.96. The molecule has 0 bridgehead atoms. The highest BCUT2D eigenvalue weighted by molar-refractivity contribution is 14.1. The molecule has 1 unspecified atom stereocenters. The minimum atomic E-state index is 0.264. The van der Waals surface area contributed by atoms with Crippen LogP contribution in [0.5, 0.6) is 0 Å². The van der Waals surface area contributed by atoms with E-state index in [0.29, 0.717) is 5.92 Å². The van der Waals surface area contributed by atoms with Gasteiger partial charge in [-0.2, -0.15) is 0 Å². The minimum Gasteiger partial charge on any atom is -0.309 e. The quantitative estimate of drug-likeness (QED) is 0.736. The zero-order valence-electron chi connectivity index (χ0n) is 12.4. The molecule has 2 aromatic carbocycles. The first-order chi connectivity index (χ1) is 9.60. The molecule has 1 nitrogen and oxygen atoms in total. The number of nitrogens with one attached hydrogen (secondary N) is 1. The van der Waals surface area contributed by atoms with Gasteiger partial charge in [-0.3, -0.25) is 0 Å². The van der Waals surface area contributed by atoms with E-state index in [0.717, 1.165) is 6.42 Å². The zero-order valence-corrected chi connectivity index (χ0v) is 14.5. The second kappa shape index (κ2) is 7.23. The van der Waals surface area contributed by atoms with Crippen molar-refractivity contribution in [2.45, 2.75) is 26.3 Å². The Morgan fingerprint density at radius 1 is 0.900 bits per heavy atom. The third-order valence-electron chi connectivity index (χ3n) is 3.45. The van der Waals surface area contributed by atoms with Gasteiger partial charge in [0.15, 0.2) is 0 Å². The monoisotopic (exact) mass is 379 g/mol. The molecule has 0 aliphatic rings. The Balaban J connectivity index is 2.21. The van der Waals surface area contributed by atoms with Crippen LogP contribution in [0.1, 0.15) is 36.6 Å². The minimum absolute atomic E-state index is 0.264. The summed E-state index contributed by atoms with van der Waals surface area (Å²) in [5.41, 5.74) is 4.05. The van der Waals surface area contributed by atoms with E-state index in [-0.39, 0.29) is 6.04 Å². The summed E-state index contributed by atoms with van der Waals surface area (Å²) in [5.74, 6) is 0.706. The fraction of sp³-hybridized carbons (Fsp3) is 0.333. The van der Waals surface area contributed by atoms with E-state index in [1.165, 1.54) is 20.3 Å². The van der Waals surface area contributed by atoms with Gasteiger partial charge in [0.05, 0.1) is 6.04 Å². The average Bonchev–Trinajstić information content (AvgIpc) is 2.43. The van der Waals surface area contributed by atoms with E-state index in [1.54, 1.807) is 0 Å². The molecule has 106 valence electrons. The van der Waals surface area contributed by atoms with Gasteiger partial charge in [-0.25, -0.2) is 0 Å². The molecule has 0 heterocycles. The van der Waals surface area contributed by atoms with Crippen LogP contribution >= 0.6 is 22.6 Å². The van der Waals surface area contributed by atoms with Crippen molar-refractivity contribution in [3.05, 3.63) is 68.8 Å². The SMILES string of the molecule is CNC(c1ccc(I)cc1)c1ccc(CC(C)C)cc1. The van der Waals surface area contributed by atoms with Crippen molar-refractivity contribution in [3.63, 3.8) is 0 Å². The van der Waals surface area contributed by atoms with Crippen molar-refractivity contribution in [1.29, 1.82) is 0 Å². The van der Waals surface area contributed by atoms with Gasteiger partial charge < -0.3 is 5.32 Å². The largest absolute Gasteiger partial charge is 0.309 e. The van der Waals surface area contributed by atoms with Crippen molar-refractivity contribution < 1.29 is 0 Å². The summed E-state index contributed by atoms with van der Waals surface area (Å²) in [4.78, 5) is 0.